The normalized spacial score (nSPS) is 10.1. The molecular weight excluding hydrogens is 311 g/mol. The highest BCUT2D eigenvalue weighted by Gasteiger charge is 2.03. The third kappa shape index (κ3) is 6.08. The minimum Gasteiger partial charge on any atom is -0.489 e. The maximum absolute atomic E-state index is 13.1. The minimum absolute atomic E-state index is 0.0375. The van der Waals surface area contributed by atoms with Crippen LogP contribution in [0.25, 0.3) is 0 Å². The lowest BCUT2D eigenvalue weighted by Crippen LogP contribution is -2.35. The number of halogens is 1. The van der Waals surface area contributed by atoms with E-state index in [-0.39, 0.29) is 30.8 Å². The number of carbonyl (C=O) groups is 2. The lowest BCUT2D eigenvalue weighted by atomic mass is 10.2. The third-order valence-corrected chi connectivity index (χ3v) is 3.21. The lowest BCUT2D eigenvalue weighted by molar-refractivity contribution is -0.125. The Morgan fingerprint density at radius 3 is 2.46 bits per heavy atom. The van der Waals surface area contributed by atoms with Crippen molar-refractivity contribution in [2.24, 2.45) is 0 Å². The Morgan fingerprint density at radius 1 is 1.04 bits per heavy atom. The highest BCUT2D eigenvalue weighted by Crippen LogP contribution is 2.14. The van der Waals surface area contributed by atoms with E-state index in [0.717, 1.165) is 11.1 Å². The highest BCUT2D eigenvalue weighted by atomic mass is 19.1. The first-order valence-corrected chi connectivity index (χ1v) is 7.50. The Balaban J connectivity index is 1.78. The third-order valence-electron chi connectivity index (χ3n) is 3.21. The van der Waals surface area contributed by atoms with E-state index >= 15 is 0 Å². The van der Waals surface area contributed by atoms with Gasteiger partial charge in [-0.15, -0.1) is 0 Å². The molecule has 0 aromatic heterocycles. The van der Waals surface area contributed by atoms with Crippen molar-refractivity contribution in [2.45, 2.75) is 20.1 Å². The number of amides is 2. The summed E-state index contributed by atoms with van der Waals surface area (Å²) < 4.78 is 18.7. The largest absolute Gasteiger partial charge is 0.489 e. The zero-order chi connectivity index (χ0) is 17.4. The van der Waals surface area contributed by atoms with Gasteiger partial charge in [0.1, 0.15) is 18.2 Å². The molecule has 2 aromatic rings. The molecule has 0 spiro atoms. The molecule has 24 heavy (non-hydrogen) atoms. The molecule has 5 nitrogen and oxygen atoms in total. The van der Waals surface area contributed by atoms with E-state index in [2.05, 4.69) is 10.6 Å². The van der Waals surface area contributed by atoms with Crippen molar-refractivity contribution in [3.05, 3.63) is 65.5 Å². The van der Waals surface area contributed by atoms with Crippen molar-refractivity contribution in [3.63, 3.8) is 0 Å². The van der Waals surface area contributed by atoms with Crippen LogP contribution in [-0.4, -0.2) is 18.4 Å². The molecule has 0 radical (unpaired) electrons. The van der Waals surface area contributed by atoms with Crippen LogP contribution in [0.5, 0.6) is 5.75 Å². The summed E-state index contributed by atoms with van der Waals surface area (Å²) in [4.78, 5) is 22.2. The second kappa shape index (κ2) is 8.67. The summed E-state index contributed by atoms with van der Waals surface area (Å²) in [5.74, 6) is -0.129. The van der Waals surface area contributed by atoms with Crippen LogP contribution in [0.4, 0.5) is 4.39 Å². The van der Waals surface area contributed by atoms with Crippen molar-refractivity contribution in [1.82, 2.24) is 10.6 Å². The van der Waals surface area contributed by atoms with Crippen LogP contribution in [0.1, 0.15) is 18.1 Å². The zero-order valence-corrected chi connectivity index (χ0v) is 13.3. The predicted molar refractivity (Wildman–Crippen MR) is 87.7 cm³/mol. The summed E-state index contributed by atoms with van der Waals surface area (Å²) in [6.45, 7) is 1.97. The molecule has 2 aromatic carbocycles. The first-order valence-electron chi connectivity index (χ1n) is 7.50. The van der Waals surface area contributed by atoms with Crippen molar-refractivity contribution >= 4 is 11.8 Å². The maximum atomic E-state index is 13.1. The first kappa shape index (κ1) is 17.5. The summed E-state index contributed by atoms with van der Waals surface area (Å²) in [6, 6.07) is 13.5. The second-order valence-electron chi connectivity index (χ2n) is 5.25. The monoisotopic (exact) mass is 330 g/mol. The van der Waals surface area contributed by atoms with E-state index in [9.17, 15) is 14.0 Å². The number of nitrogens with one attached hydrogen (secondary N) is 2. The van der Waals surface area contributed by atoms with E-state index in [1.54, 1.807) is 24.3 Å². The predicted octanol–water partition coefficient (Wildman–Crippen LogP) is 2.16. The molecule has 0 heterocycles. The molecule has 0 aliphatic rings. The molecule has 0 unspecified atom stereocenters. The van der Waals surface area contributed by atoms with E-state index in [0.29, 0.717) is 12.3 Å². The van der Waals surface area contributed by atoms with E-state index in [1.165, 1.54) is 19.1 Å². The average Bonchev–Trinajstić information content (AvgIpc) is 2.57. The fraction of sp³-hybridized carbons (Fsp3) is 0.222. The van der Waals surface area contributed by atoms with Crippen LogP contribution in [0, 0.1) is 5.82 Å². The summed E-state index contributed by atoms with van der Waals surface area (Å²) in [5, 5.41) is 5.13. The van der Waals surface area contributed by atoms with Gasteiger partial charge in [0.2, 0.25) is 11.8 Å². The van der Waals surface area contributed by atoms with Gasteiger partial charge >= 0.3 is 0 Å². The number of rotatable bonds is 7. The van der Waals surface area contributed by atoms with Gasteiger partial charge in [-0.3, -0.25) is 9.59 Å². The Morgan fingerprint density at radius 2 is 1.79 bits per heavy atom. The van der Waals surface area contributed by atoms with Crippen molar-refractivity contribution < 1.29 is 18.7 Å². The number of hydrogen-bond acceptors (Lipinski definition) is 3. The van der Waals surface area contributed by atoms with Crippen molar-refractivity contribution in [3.8, 4) is 5.75 Å². The van der Waals surface area contributed by atoms with Crippen LogP contribution in [0.15, 0.2) is 48.5 Å². The molecule has 0 saturated carbocycles. The Kier molecular flexibility index (Phi) is 6.31. The molecule has 2 N–H and O–H groups in total. The number of benzene rings is 2. The van der Waals surface area contributed by atoms with Gasteiger partial charge in [0.15, 0.2) is 0 Å². The Bertz CT molecular complexity index is 702. The molecule has 0 fully saturated rings. The van der Waals surface area contributed by atoms with Gasteiger partial charge in [0.25, 0.3) is 0 Å². The molecule has 2 rings (SSSR count). The first-order chi connectivity index (χ1) is 11.5. The van der Waals surface area contributed by atoms with Crippen LogP contribution in [0.3, 0.4) is 0 Å². The van der Waals surface area contributed by atoms with Gasteiger partial charge in [-0.1, -0.05) is 24.3 Å². The standard InChI is InChI=1S/C18H19FN2O3/c1-13(22)20-11-18(23)21-10-14-5-7-17(8-6-14)24-12-15-3-2-4-16(19)9-15/h2-9H,10-12H2,1H3,(H,20,22)(H,21,23). The molecule has 0 aliphatic heterocycles. The quantitative estimate of drug-likeness (QED) is 0.817. The fourth-order valence-corrected chi connectivity index (χ4v) is 1.96. The van der Waals surface area contributed by atoms with Crippen LogP contribution in [-0.2, 0) is 22.7 Å². The second-order valence-corrected chi connectivity index (χ2v) is 5.25. The molecule has 0 bridgehead atoms. The van der Waals surface area contributed by atoms with Gasteiger partial charge in [0, 0.05) is 13.5 Å². The van der Waals surface area contributed by atoms with E-state index < -0.39 is 0 Å². The van der Waals surface area contributed by atoms with E-state index in [4.69, 9.17) is 4.74 Å². The lowest BCUT2D eigenvalue weighted by Gasteiger charge is -2.09. The summed E-state index contributed by atoms with van der Waals surface area (Å²) in [6.07, 6.45) is 0. The van der Waals surface area contributed by atoms with Crippen molar-refractivity contribution in [1.29, 1.82) is 0 Å². The van der Waals surface area contributed by atoms with Gasteiger partial charge in [-0.05, 0) is 35.4 Å². The summed E-state index contributed by atoms with van der Waals surface area (Å²) in [7, 11) is 0. The smallest absolute Gasteiger partial charge is 0.239 e. The Labute approximate surface area is 139 Å². The topological polar surface area (TPSA) is 67.4 Å². The van der Waals surface area contributed by atoms with Gasteiger partial charge < -0.3 is 15.4 Å². The highest BCUT2D eigenvalue weighted by molar-refractivity contribution is 5.83. The number of ether oxygens (including phenoxy) is 1. The van der Waals surface area contributed by atoms with Crippen molar-refractivity contribution in [2.75, 3.05) is 6.54 Å². The van der Waals surface area contributed by atoms with E-state index in [1.807, 2.05) is 12.1 Å². The summed E-state index contributed by atoms with van der Waals surface area (Å²) >= 11 is 0. The van der Waals surface area contributed by atoms with Crippen LogP contribution in [0.2, 0.25) is 0 Å². The number of carbonyl (C=O) groups excluding carboxylic acids is 2. The van der Waals surface area contributed by atoms with Crippen LogP contribution >= 0.6 is 0 Å². The van der Waals surface area contributed by atoms with Gasteiger partial charge in [-0.2, -0.15) is 0 Å². The number of hydrogen-bond donors (Lipinski definition) is 2. The summed E-state index contributed by atoms with van der Waals surface area (Å²) in [5.41, 5.74) is 1.66. The molecule has 126 valence electrons. The molecule has 6 heteroatoms. The minimum atomic E-state index is -0.290. The molecule has 0 atom stereocenters. The van der Waals surface area contributed by atoms with Gasteiger partial charge in [0.05, 0.1) is 6.54 Å². The molecular formula is C18H19FN2O3. The maximum Gasteiger partial charge on any atom is 0.239 e. The zero-order valence-electron chi connectivity index (χ0n) is 13.3. The average molecular weight is 330 g/mol. The fourth-order valence-electron chi connectivity index (χ4n) is 1.96. The molecule has 0 saturated heterocycles. The van der Waals surface area contributed by atoms with Crippen LogP contribution < -0.4 is 15.4 Å². The Hall–Kier alpha value is -2.89. The SMILES string of the molecule is CC(=O)NCC(=O)NCc1ccc(OCc2cccc(F)c2)cc1. The van der Waals surface area contributed by atoms with Gasteiger partial charge in [-0.25, -0.2) is 4.39 Å². The molecule has 0 aliphatic carbocycles. The molecule has 2 amide bonds.